The van der Waals surface area contributed by atoms with Gasteiger partial charge in [0, 0.05) is 6.42 Å². The standard InChI is InChI=1S/C12H14O/c1-10(2)12-7-3-5-11(9-12)6-4-8-13/h3,5,7-9H,1,4,6H2,2H3. The molecule has 0 saturated heterocycles. The van der Waals surface area contributed by atoms with Gasteiger partial charge in [-0.2, -0.15) is 0 Å². The lowest BCUT2D eigenvalue weighted by molar-refractivity contribution is -0.107. The van der Waals surface area contributed by atoms with Gasteiger partial charge in [-0.05, 0) is 24.5 Å². The maximum absolute atomic E-state index is 10.2. The first kappa shape index (κ1) is 9.72. The van der Waals surface area contributed by atoms with Gasteiger partial charge in [0.25, 0.3) is 0 Å². The van der Waals surface area contributed by atoms with Crippen LogP contribution in [0.3, 0.4) is 0 Å². The number of benzene rings is 1. The van der Waals surface area contributed by atoms with E-state index in [0.717, 1.165) is 23.8 Å². The molecule has 0 heterocycles. The summed E-state index contributed by atoms with van der Waals surface area (Å²) in [4.78, 5) is 10.2. The fourth-order valence-electron chi connectivity index (χ4n) is 1.22. The van der Waals surface area contributed by atoms with Crippen LogP contribution >= 0.6 is 0 Å². The van der Waals surface area contributed by atoms with Crippen molar-refractivity contribution in [2.24, 2.45) is 0 Å². The van der Waals surface area contributed by atoms with Crippen molar-refractivity contribution in [1.82, 2.24) is 0 Å². The molecule has 0 spiro atoms. The second-order valence-electron chi connectivity index (χ2n) is 3.19. The molecule has 0 aliphatic carbocycles. The highest BCUT2D eigenvalue weighted by molar-refractivity contribution is 5.62. The average molecular weight is 174 g/mol. The van der Waals surface area contributed by atoms with E-state index in [9.17, 15) is 4.79 Å². The van der Waals surface area contributed by atoms with Crippen molar-refractivity contribution in [3.8, 4) is 0 Å². The Kier molecular flexibility index (Phi) is 3.44. The highest BCUT2D eigenvalue weighted by Crippen LogP contribution is 2.13. The molecule has 68 valence electrons. The van der Waals surface area contributed by atoms with E-state index < -0.39 is 0 Å². The first-order chi connectivity index (χ1) is 6.24. The maximum Gasteiger partial charge on any atom is 0.120 e. The Hall–Kier alpha value is -1.37. The molecule has 1 nitrogen and oxygen atoms in total. The summed E-state index contributed by atoms with van der Waals surface area (Å²) in [6.45, 7) is 5.86. The molecule has 0 fully saturated rings. The van der Waals surface area contributed by atoms with E-state index in [-0.39, 0.29) is 0 Å². The number of hydrogen-bond acceptors (Lipinski definition) is 1. The van der Waals surface area contributed by atoms with Gasteiger partial charge in [0.1, 0.15) is 6.29 Å². The Morgan fingerprint density at radius 3 is 2.92 bits per heavy atom. The summed E-state index contributed by atoms with van der Waals surface area (Å²) in [6.07, 6.45) is 2.37. The van der Waals surface area contributed by atoms with E-state index in [1.807, 2.05) is 25.1 Å². The molecule has 1 aromatic carbocycles. The highest BCUT2D eigenvalue weighted by Gasteiger charge is 1.95. The van der Waals surface area contributed by atoms with Crippen molar-refractivity contribution in [3.63, 3.8) is 0 Å². The molecule has 1 aromatic rings. The van der Waals surface area contributed by atoms with Gasteiger partial charge in [-0.3, -0.25) is 0 Å². The summed E-state index contributed by atoms with van der Waals surface area (Å²) >= 11 is 0. The third kappa shape index (κ3) is 2.86. The van der Waals surface area contributed by atoms with Crippen LogP contribution in [0.2, 0.25) is 0 Å². The normalized spacial score (nSPS) is 9.62. The van der Waals surface area contributed by atoms with E-state index >= 15 is 0 Å². The Morgan fingerprint density at radius 2 is 2.31 bits per heavy atom. The van der Waals surface area contributed by atoms with Crippen LogP contribution in [0.15, 0.2) is 30.8 Å². The van der Waals surface area contributed by atoms with Gasteiger partial charge in [-0.25, -0.2) is 0 Å². The first-order valence-corrected chi connectivity index (χ1v) is 4.42. The van der Waals surface area contributed by atoms with Gasteiger partial charge in [-0.1, -0.05) is 36.4 Å². The second-order valence-corrected chi connectivity index (χ2v) is 3.19. The van der Waals surface area contributed by atoms with Gasteiger partial charge in [-0.15, -0.1) is 0 Å². The number of aldehydes is 1. The minimum absolute atomic E-state index is 0.597. The van der Waals surface area contributed by atoms with E-state index in [1.165, 1.54) is 5.56 Å². The molecule has 0 saturated carbocycles. The molecule has 0 amide bonds. The summed E-state index contributed by atoms with van der Waals surface area (Å²) in [7, 11) is 0. The van der Waals surface area contributed by atoms with Crippen LogP contribution in [0.5, 0.6) is 0 Å². The van der Waals surface area contributed by atoms with Gasteiger partial charge >= 0.3 is 0 Å². The predicted molar refractivity (Wildman–Crippen MR) is 55.5 cm³/mol. The number of allylic oxidation sites excluding steroid dienone is 1. The minimum atomic E-state index is 0.597. The summed E-state index contributed by atoms with van der Waals surface area (Å²) < 4.78 is 0. The fraction of sp³-hybridized carbons (Fsp3) is 0.250. The molecule has 13 heavy (non-hydrogen) atoms. The monoisotopic (exact) mass is 174 g/mol. The molecule has 0 N–H and O–H groups in total. The molecular weight excluding hydrogens is 160 g/mol. The lowest BCUT2D eigenvalue weighted by Gasteiger charge is -2.02. The van der Waals surface area contributed by atoms with Crippen molar-refractivity contribution >= 4 is 11.9 Å². The van der Waals surface area contributed by atoms with Gasteiger partial charge in [0.05, 0.1) is 0 Å². The average Bonchev–Trinajstić information content (AvgIpc) is 2.15. The van der Waals surface area contributed by atoms with Crippen LogP contribution < -0.4 is 0 Å². The molecule has 1 heteroatoms. The molecule has 0 aromatic heterocycles. The van der Waals surface area contributed by atoms with E-state index in [2.05, 4.69) is 12.6 Å². The largest absolute Gasteiger partial charge is 0.303 e. The molecule has 0 bridgehead atoms. The molecule has 0 unspecified atom stereocenters. The lowest BCUT2D eigenvalue weighted by atomic mass is 10.0. The van der Waals surface area contributed by atoms with E-state index in [0.29, 0.717) is 6.42 Å². The number of aryl methyl sites for hydroxylation is 1. The SMILES string of the molecule is C=C(C)c1cccc(CCC=O)c1. The van der Waals surface area contributed by atoms with Crippen molar-refractivity contribution in [3.05, 3.63) is 42.0 Å². The molecule has 0 aliphatic heterocycles. The Morgan fingerprint density at radius 1 is 1.54 bits per heavy atom. The fourth-order valence-corrected chi connectivity index (χ4v) is 1.22. The van der Waals surface area contributed by atoms with E-state index in [1.54, 1.807) is 0 Å². The number of carbonyl (C=O) groups excluding carboxylic acids is 1. The van der Waals surface area contributed by atoms with Crippen molar-refractivity contribution in [2.75, 3.05) is 0 Å². The summed E-state index contributed by atoms with van der Waals surface area (Å²) in [5, 5.41) is 0. The number of rotatable bonds is 4. The summed E-state index contributed by atoms with van der Waals surface area (Å²) in [5.74, 6) is 0. The van der Waals surface area contributed by atoms with Crippen LogP contribution in [-0.2, 0) is 11.2 Å². The van der Waals surface area contributed by atoms with Crippen LogP contribution in [-0.4, -0.2) is 6.29 Å². The van der Waals surface area contributed by atoms with Crippen molar-refractivity contribution in [2.45, 2.75) is 19.8 Å². The molecule has 1 rings (SSSR count). The number of hydrogen-bond donors (Lipinski definition) is 0. The Balaban J connectivity index is 2.79. The van der Waals surface area contributed by atoms with Crippen molar-refractivity contribution in [1.29, 1.82) is 0 Å². The van der Waals surface area contributed by atoms with Gasteiger partial charge in [0.2, 0.25) is 0 Å². The summed E-state index contributed by atoms with van der Waals surface area (Å²) in [5.41, 5.74) is 3.42. The van der Waals surface area contributed by atoms with Gasteiger partial charge in [0.15, 0.2) is 0 Å². The second kappa shape index (κ2) is 4.61. The molecule has 0 aliphatic rings. The third-order valence-electron chi connectivity index (χ3n) is 1.97. The highest BCUT2D eigenvalue weighted by atomic mass is 16.1. The topological polar surface area (TPSA) is 17.1 Å². The molecular formula is C12H14O. The van der Waals surface area contributed by atoms with Gasteiger partial charge < -0.3 is 4.79 Å². The smallest absolute Gasteiger partial charge is 0.120 e. The zero-order valence-electron chi connectivity index (χ0n) is 7.92. The summed E-state index contributed by atoms with van der Waals surface area (Å²) in [6, 6.07) is 8.17. The number of carbonyl (C=O) groups is 1. The van der Waals surface area contributed by atoms with Crippen LogP contribution in [0.1, 0.15) is 24.5 Å². The first-order valence-electron chi connectivity index (χ1n) is 4.42. The van der Waals surface area contributed by atoms with Crippen LogP contribution in [0.4, 0.5) is 0 Å². The van der Waals surface area contributed by atoms with Crippen molar-refractivity contribution < 1.29 is 4.79 Å². The Labute approximate surface area is 79.1 Å². The van der Waals surface area contributed by atoms with Crippen LogP contribution in [0, 0.1) is 0 Å². The lowest BCUT2D eigenvalue weighted by Crippen LogP contribution is -1.87. The molecule has 0 radical (unpaired) electrons. The van der Waals surface area contributed by atoms with Crippen LogP contribution in [0.25, 0.3) is 5.57 Å². The minimum Gasteiger partial charge on any atom is -0.303 e. The molecule has 0 atom stereocenters. The zero-order valence-corrected chi connectivity index (χ0v) is 7.92. The predicted octanol–water partition coefficient (Wildman–Crippen LogP) is 2.85. The Bertz CT molecular complexity index is 313. The third-order valence-corrected chi connectivity index (χ3v) is 1.97. The maximum atomic E-state index is 10.2. The zero-order chi connectivity index (χ0) is 9.68. The van der Waals surface area contributed by atoms with E-state index in [4.69, 9.17) is 0 Å². The quantitative estimate of drug-likeness (QED) is 0.641.